The molecule has 2 aliphatic rings. The van der Waals surface area contributed by atoms with Gasteiger partial charge in [0.1, 0.15) is 0 Å². The van der Waals surface area contributed by atoms with Crippen molar-refractivity contribution in [2.24, 2.45) is 17.8 Å². The van der Waals surface area contributed by atoms with Crippen LogP contribution in [0.15, 0.2) is 0 Å². The van der Waals surface area contributed by atoms with Crippen LogP contribution in [0.1, 0.15) is 44.9 Å². The van der Waals surface area contributed by atoms with E-state index in [0.717, 1.165) is 25.0 Å². The van der Waals surface area contributed by atoms with Gasteiger partial charge in [0, 0.05) is 19.8 Å². The summed E-state index contributed by atoms with van der Waals surface area (Å²) in [6.07, 6.45) is 9.20. The van der Waals surface area contributed by atoms with Gasteiger partial charge in [-0.15, -0.1) is 0 Å². The molecule has 1 N–H and O–H groups in total. The summed E-state index contributed by atoms with van der Waals surface area (Å²) in [4.78, 5) is 0. The quantitative estimate of drug-likeness (QED) is 0.779. The monoisotopic (exact) mass is 212 g/mol. The lowest BCUT2D eigenvalue weighted by molar-refractivity contribution is 0.00941. The second-order valence-electron chi connectivity index (χ2n) is 5.19. The van der Waals surface area contributed by atoms with Gasteiger partial charge >= 0.3 is 0 Å². The van der Waals surface area contributed by atoms with E-state index in [9.17, 15) is 5.11 Å². The predicted octanol–water partition coefficient (Wildman–Crippen LogP) is 2.60. The predicted molar refractivity (Wildman–Crippen MR) is 60.7 cm³/mol. The highest BCUT2D eigenvalue weighted by molar-refractivity contribution is 4.80. The summed E-state index contributed by atoms with van der Waals surface area (Å²) < 4.78 is 5.40. The van der Waals surface area contributed by atoms with E-state index in [-0.39, 0.29) is 0 Å². The smallest absolute Gasteiger partial charge is 0.0468 e. The van der Waals surface area contributed by atoms with Gasteiger partial charge in [-0.1, -0.05) is 32.1 Å². The topological polar surface area (TPSA) is 29.5 Å². The molecule has 0 aromatic carbocycles. The van der Waals surface area contributed by atoms with Gasteiger partial charge in [0.05, 0.1) is 0 Å². The highest BCUT2D eigenvalue weighted by Crippen LogP contribution is 2.37. The minimum Gasteiger partial charge on any atom is -0.396 e. The molecule has 1 unspecified atom stereocenters. The van der Waals surface area contributed by atoms with E-state index in [1.54, 1.807) is 0 Å². The van der Waals surface area contributed by atoms with Crippen molar-refractivity contribution in [2.75, 3.05) is 19.8 Å². The lowest BCUT2D eigenvalue weighted by atomic mass is 9.72. The van der Waals surface area contributed by atoms with Crippen molar-refractivity contribution in [1.29, 1.82) is 0 Å². The second kappa shape index (κ2) is 5.86. The molecule has 1 heterocycles. The molecule has 1 aliphatic carbocycles. The maximum atomic E-state index is 9.59. The largest absolute Gasteiger partial charge is 0.396 e. The van der Waals surface area contributed by atoms with Crippen molar-refractivity contribution in [1.82, 2.24) is 0 Å². The van der Waals surface area contributed by atoms with Crippen molar-refractivity contribution in [3.8, 4) is 0 Å². The Morgan fingerprint density at radius 2 is 1.53 bits per heavy atom. The minimum absolute atomic E-state index is 0.398. The molecule has 15 heavy (non-hydrogen) atoms. The molecule has 0 spiro atoms. The Balaban J connectivity index is 1.88. The van der Waals surface area contributed by atoms with Gasteiger partial charge in [0.2, 0.25) is 0 Å². The summed E-state index contributed by atoms with van der Waals surface area (Å²) in [6, 6.07) is 0. The third kappa shape index (κ3) is 2.94. The van der Waals surface area contributed by atoms with Crippen molar-refractivity contribution in [3.63, 3.8) is 0 Å². The first kappa shape index (κ1) is 11.4. The molecule has 1 saturated carbocycles. The average molecular weight is 212 g/mol. The fourth-order valence-corrected chi connectivity index (χ4v) is 3.39. The van der Waals surface area contributed by atoms with E-state index >= 15 is 0 Å². The first-order valence-corrected chi connectivity index (χ1v) is 6.60. The van der Waals surface area contributed by atoms with Crippen LogP contribution in [-0.2, 0) is 4.74 Å². The summed E-state index contributed by atoms with van der Waals surface area (Å²) in [5.74, 6) is 2.09. The van der Waals surface area contributed by atoms with Gasteiger partial charge in [-0.25, -0.2) is 0 Å². The molecule has 1 atom stereocenters. The van der Waals surface area contributed by atoms with E-state index in [1.165, 1.54) is 44.9 Å². The van der Waals surface area contributed by atoms with Gasteiger partial charge in [-0.2, -0.15) is 0 Å². The summed E-state index contributed by atoms with van der Waals surface area (Å²) in [7, 11) is 0. The number of hydrogen-bond donors (Lipinski definition) is 1. The Bertz CT molecular complexity index is 151. The number of rotatable bonds is 3. The maximum absolute atomic E-state index is 9.59. The number of ether oxygens (including phenoxy) is 1. The molecule has 1 saturated heterocycles. The van der Waals surface area contributed by atoms with E-state index in [4.69, 9.17) is 4.74 Å². The number of aliphatic hydroxyl groups is 1. The van der Waals surface area contributed by atoms with E-state index < -0.39 is 0 Å². The van der Waals surface area contributed by atoms with Crippen molar-refractivity contribution in [3.05, 3.63) is 0 Å². The molecule has 2 nitrogen and oxygen atoms in total. The van der Waals surface area contributed by atoms with Crippen LogP contribution in [0.5, 0.6) is 0 Å². The Morgan fingerprint density at radius 1 is 0.933 bits per heavy atom. The fourth-order valence-electron chi connectivity index (χ4n) is 3.39. The summed E-state index contributed by atoms with van der Waals surface area (Å²) in [6.45, 7) is 2.22. The Hall–Kier alpha value is -0.0800. The highest BCUT2D eigenvalue weighted by Gasteiger charge is 2.30. The summed E-state index contributed by atoms with van der Waals surface area (Å²) in [5, 5.41) is 9.59. The van der Waals surface area contributed by atoms with Crippen LogP contribution in [0, 0.1) is 17.8 Å². The SMILES string of the molecule is OCC(C1CCCCC1)C1CCOCC1. The lowest BCUT2D eigenvalue weighted by Gasteiger charge is -2.36. The van der Waals surface area contributed by atoms with Crippen LogP contribution in [0.4, 0.5) is 0 Å². The number of hydrogen-bond acceptors (Lipinski definition) is 2. The fraction of sp³-hybridized carbons (Fsp3) is 1.00. The zero-order chi connectivity index (χ0) is 10.5. The molecule has 1 aliphatic heterocycles. The van der Waals surface area contributed by atoms with E-state index in [2.05, 4.69) is 0 Å². The zero-order valence-electron chi connectivity index (χ0n) is 9.66. The molecule has 88 valence electrons. The molecule has 0 aromatic rings. The minimum atomic E-state index is 0.398. The molecule has 0 amide bonds. The van der Waals surface area contributed by atoms with Gasteiger partial charge in [-0.3, -0.25) is 0 Å². The van der Waals surface area contributed by atoms with Crippen LogP contribution in [-0.4, -0.2) is 24.9 Å². The van der Waals surface area contributed by atoms with Gasteiger partial charge < -0.3 is 9.84 Å². The Labute approximate surface area is 93.0 Å². The lowest BCUT2D eigenvalue weighted by Crippen LogP contribution is -2.32. The van der Waals surface area contributed by atoms with Crippen molar-refractivity contribution < 1.29 is 9.84 Å². The van der Waals surface area contributed by atoms with Crippen LogP contribution >= 0.6 is 0 Å². The molecular formula is C13H24O2. The van der Waals surface area contributed by atoms with E-state index in [1.807, 2.05) is 0 Å². The molecule has 0 radical (unpaired) electrons. The summed E-state index contributed by atoms with van der Waals surface area (Å²) in [5.41, 5.74) is 0. The standard InChI is InChI=1S/C13H24O2/c14-10-13(11-4-2-1-3-5-11)12-6-8-15-9-7-12/h11-14H,1-10H2. The third-order valence-corrected chi connectivity index (χ3v) is 4.34. The molecule has 2 rings (SSSR count). The molecule has 2 heteroatoms. The van der Waals surface area contributed by atoms with E-state index in [0.29, 0.717) is 12.5 Å². The highest BCUT2D eigenvalue weighted by atomic mass is 16.5. The zero-order valence-corrected chi connectivity index (χ0v) is 9.66. The molecule has 2 fully saturated rings. The Kier molecular flexibility index (Phi) is 4.45. The average Bonchev–Trinajstić information content (AvgIpc) is 2.33. The van der Waals surface area contributed by atoms with Gasteiger partial charge in [0.25, 0.3) is 0 Å². The van der Waals surface area contributed by atoms with Crippen molar-refractivity contribution >= 4 is 0 Å². The first-order chi connectivity index (χ1) is 7.42. The number of aliphatic hydroxyl groups excluding tert-OH is 1. The van der Waals surface area contributed by atoms with Crippen molar-refractivity contribution in [2.45, 2.75) is 44.9 Å². The maximum Gasteiger partial charge on any atom is 0.0468 e. The summed E-state index contributed by atoms with van der Waals surface area (Å²) >= 11 is 0. The third-order valence-electron chi connectivity index (χ3n) is 4.34. The van der Waals surface area contributed by atoms with Crippen LogP contribution < -0.4 is 0 Å². The normalized spacial score (nSPS) is 27.8. The molecular weight excluding hydrogens is 188 g/mol. The second-order valence-corrected chi connectivity index (χ2v) is 5.19. The first-order valence-electron chi connectivity index (χ1n) is 6.60. The van der Waals surface area contributed by atoms with Crippen LogP contribution in [0.2, 0.25) is 0 Å². The van der Waals surface area contributed by atoms with Crippen LogP contribution in [0.25, 0.3) is 0 Å². The van der Waals surface area contributed by atoms with Gasteiger partial charge in [-0.05, 0) is 30.6 Å². The molecule has 0 bridgehead atoms. The Morgan fingerprint density at radius 3 is 2.13 bits per heavy atom. The molecule has 0 aromatic heterocycles. The van der Waals surface area contributed by atoms with Crippen LogP contribution in [0.3, 0.4) is 0 Å². The van der Waals surface area contributed by atoms with Gasteiger partial charge in [0.15, 0.2) is 0 Å².